The predicted octanol–water partition coefficient (Wildman–Crippen LogP) is 8.70. The summed E-state index contributed by atoms with van der Waals surface area (Å²) in [7, 11) is 0. The highest BCUT2D eigenvalue weighted by Crippen LogP contribution is 2.44. The topological polar surface area (TPSA) is 12.9 Å². The minimum absolute atomic E-state index is 1.03. The zero-order valence-corrected chi connectivity index (χ0v) is 18.5. The first-order valence-corrected chi connectivity index (χ1v) is 11.3. The fourth-order valence-corrected chi connectivity index (χ4v) is 4.91. The third kappa shape index (κ3) is 3.39. The van der Waals surface area contributed by atoms with Crippen molar-refractivity contribution in [2.75, 3.05) is 0 Å². The second-order valence-corrected chi connectivity index (χ2v) is 8.47. The fraction of sp³-hybridized carbons (Fsp3) is 0.0312. The molecule has 0 N–H and O–H groups in total. The van der Waals surface area contributed by atoms with Gasteiger partial charge in [-0.15, -0.1) is 0 Å². The SMILES string of the molecule is Cc1cc(-c2ccc3c(-c4ccccc4)c4ccccc4c(-c4ccccc4)c3c2)ccn1. The molecule has 0 spiro atoms. The van der Waals surface area contributed by atoms with Crippen molar-refractivity contribution < 1.29 is 0 Å². The lowest BCUT2D eigenvalue weighted by Crippen LogP contribution is -1.92. The Morgan fingerprint density at radius 1 is 0.424 bits per heavy atom. The van der Waals surface area contributed by atoms with E-state index in [1.54, 1.807) is 0 Å². The minimum atomic E-state index is 1.03. The molecule has 33 heavy (non-hydrogen) atoms. The lowest BCUT2D eigenvalue weighted by Gasteiger charge is -2.18. The summed E-state index contributed by atoms with van der Waals surface area (Å²) in [6.45, 7) is 2.04. The number of aromatic nitrogens is 1. The van der Waals surface area contributed by atoms with Crippen LogP contribution in [0.4, 0.5) is 0 Å². The summed E-state index contributed by atoms with van der Waals surface area (Å²) in [6.07, 6.45) is 1.89. The van der Waals surface area contributed by atoms with E-state index in [0.29, 0.717) is 0 Å². The molecule has 6 aromatic rings. The molecule has 1 nitrogen and oxygen atoms in total. The van der Waals surface area contributed by atoms with Gasteiger partial charge in [-0.3, -0.25) is 4.98 Å². The maximum Gasteiger partial charge on any atom is 0.0378 e. The number of pyridine rings is 1. The molecule has 0 unspecified atom stereocenters. The smallest absolute Gasteiger partial charge is 0.0378 e. The Kier molecular flexibility index (Phi) is 4.74. The van der Waals surface area contributed by atoms with Crippen LogP contribution in [0.2, 0.25) is 0 Å². The van der Waals surface area contributed by atoms with Crippen molar-refractivity contribution in [3.63, 3.8) is 0 Å². The molecule has 6 rings (SSSR count). The van der Waals surface area contributed by atoms with Gasteiger partial charge in [-0.05, 0) is 80.0 Å². The van der Waals surface area contributed by atoms with Crippen LogP contribution in [0.3, 0.4) is 0 Å². The van der Waals surface area contributed by atoms with Crippen molar-refractivity contribution in [3.05, 3.63) is 127 Å². The molecule has 0 aliphatic rings. The second kappa shape index (κ2) is 8.03. The highest BCUT2D eigenvalue weighted by Gasteiger charge is 2.17. The Hall–Kier alpha value is -4.23. The molecule has 0 saturated carbocycles. The number of benzene rings is 5. The van der Waals surface area contributed by atoms with Gasteiger partial charge in [0.2, 0.25) is 0 Å². The Balaban J connectivity index is 1.79. The van der Waals surface area contributed by atoms with Crippen molar-refractivity contribution in [2.24, 2.45) is 0 Å². The maximum absolute atomic E-state index is 4.39. The lowest BCUT2D eigenvalue weighted by molar-refractivity contribution is 1.20. The zero-order chi connectivity index (χ0) is 22.2. The van der Waals surface area contributed by atoms with Crippen LogP contribution in [-0.4, -0.2) is 4.98 Å². The first-order chi connectivity index (χ1) is 16.3. The van der Waals surface area contributed by atoms with Crippen LogP contribution in [0.1, 0.15) is 5.69 Å². The number of hydrogen-bond donors (Lipinski definition) is 0. The summed E-state index contributed by atoms with van der Waals surface area (Å²) in [4.78, 5) is 4.39. The van der Waals surface area contributed by atoms with Gasteiger partial charge in [0.15, 0.2) is 0 Å². The van der Waals surface area contributed by atoms with Crippen LogP contribution < -0.4 is 0 Å². The van der Waals surface area contributed by atoms with Gasteiger partial charge in [0.25, 0.3) is 0 Å². The number of aryl methyl sites for hydroxylation is 1. The Morgan fingerprint density at radius 3 is 1.55 bits per heavy atom. The highest BCUT2D eigenvalue weighted by molar-refractivity contribution is 6.21. The predicted molar refractivity (Wildman–Crippen MR) is 140 cm³/mol. The monoisotopic (exact) mass is 421 g/mol. The van der Waals surface area contributed by atoms with E-state index < -0.39 is 0 Å². The van der Waals surface area contributed by atoms with E-state index >= 15 is 0 Å². The summed E-state index contributed by atoms with van der Waals surface area (Å²) in [5.74, 6) is 0. The molecule has 1 heterocycles. The average molecular weight is 422 g/mol. The van der Waals surface area contributed by atoms with Gasteiger partial charge in [-0.1, -0.05) is 97.1 Å². The summed E-state index contributed by atoms with van der Waals surface area (Å²) >= 11 is 0. The van der Waals surface area contributed by atoms with E-state index in [0.717, 1.165) is 5.69 Å². The molecule has 0 fully saturated rings. The van der Waals surface area contributed by atoms with Crippen molar-refractivity contribution in [2.45, 2.75) is 6.92 Å². The molecule has 1 heteroatoms. The summed E-state index contributed by atoms with van der Waals surface area (Å²) in [6, 6.07) is 41.4. The number of rotatable bonds is 3. The first kappa shape index (κ1) is 19.5. The summed E-state index contributed by atoms with van der Waals surface area (Å²) < 4.78 is 0. The van der Waals surface area contributed by atoms with Crippen molar-refractivity contribution in [3.8, 4) is 33.4 Å². The molecular weight excluding hydrogens is 398 g/mol. The molecule has 0 amide bonds. The van der Waals surface area contributed by atoms with Crippen LogP contribution in [-0.2, 0) is 0 Å². The minimum Gasteiger partial charge on any atom is -0.262 e. The molecule has 5 aromatic carbocycles. The van der Waals surface area contributed by atoms with Gasteiger partial charge in [0.1, 0.15) is 0 Å². The number of nitrogens with zero attached hydrogens (tertiary/aromatic N) is 1. The van der Waals surface area contributed by atoms with Gasteiger partial charge >= 0.3 is 0 Å². The average Bonchev–Trinajstić information content (AvgIpc) is 2.88. The number of hydrogen-bond acceptors (Lipinski definition) is 1. The van der Waals surface area contributed by atoms with E-state index in [4.69, 9.17) is 0 Å². The van der Waals surface area contributed by atoms with E-state index in [1.807, 2.05) is 13.1 Å². The third-order valence-corrected chi connectivity index (χ3v) is 6.38. The summed E-state index contributed by atoms with van der Waals surface area (Å²) in [5.41, 5.74) is 8.48. The quantitative estimate of drug-likeness (QED) is 0.260. The van der Waals surface area contributed by atoms with Crippen molar-refractivity contribution in [1.82, 2.24) is 4.98 Å². The molecule has 1 aromatic heterocycles. The molecule has 0 aliphatic carbocycles. The van der Waals surface area contributed by atoms with Crippen molar-refractivity contribution >= 4 is 21.5 Å². The Morgan fingerprint density at radius 2 is 0.939 bits per heavy atom. The molecule has 0 saturated heterocycles. The van der Waals surface area contributed by atoms with Crippen LogP contribution in [0.5, 0.6) is 0 Å². The fourth-order valence-electron chi connectivity index (χ4n) is 4.91. The maximum atomic E-state index is 4.39. The molecule has 156 valence electrons. The van der Waals surface area contributed by atoms with Crippen LogP contribution in [0, 0.1) is 6.92 Å². The molecule has 0 atom stereocenters. The standard InChI is InChI=1S/C32H23N/c1-22-20-26(18-19-33-22)25-16-17-29-30(21-25)32(24-12-6-3-7-13-24)28-15-9-8-14-27(28)31(29)23-10-4-2-5-11-23/h2-21H,1H3. The van der Waals surface area contributed by atoms with Crippen molar-refractivity contribution in [1.29, 1.82) is 0 Å². The first-order valence-electron chi connectivity index (χ1n) is 11.3. The van der Waals surface area contributed by atoms with Crippen LogP contribution in [0.15, 0.2) is 121 Å². The Bertz CT molecular complexity index is 1600. The molecule has 0 bridgehead atoms. The van der Waals surface area contributed by atoms with Gasteiger partial charge in [-0.2, -0.15) is 0 Å². The van der Waals surface area contributed by atoms with Gasteiger partial charge in [-0.25, -0.2) is 0 Å². The van der Waals surface area contributed by atoms with E-state index in [9.17, 15) is 0 Å². The number of fused-ring (bicyclic) bond motifs is 2. The van der Waals surface area contributed by atoms with Gasteiger partial charge in [0.05, 0.1) is 0 Å². The molecule has 0 aliphatic heterocycles. The largest absolute Gasteiger partial charge is 0.262 e. The second-order valence-electron chi connectivity index (χ2n) is 8.47. The van der Waals surface area contributed by atoms with Gasteiger partial charge < -0.3 is 0 Å². The Labute approximate surface area is 194 Å². The van der Waals surface area contributed by atoms with E-state index in [2.05, 4.69) is 120 Å². The third-order valence-electron chi connectivity index (χ3n) is 6.38. The molecular formula is C32H23N. The molecule has 0 radical (unpaired) electrons. The highest BCUT2D eigenvalue weighted by atomic mass is 14.6. The zero-order valence-electron chi connectivity index (χ0n) is 18.5. The van der Waals surface area contributed by atoms with Crippen LogP contribution >= 0.6 is 0 Å². The summed E-state index contributed by atoms with van der Waals surface area (Å²) in [5, 5.41) is 5.10. The van der Waals surface area contributed by atoms with E-state index in [1.165, 1.54) is 54.9 Å². The normalized spacial score (nSPS) is 11.2. The van der Waals surface area contributed by atoms with E-state index in [-0.39, 0.29) is 0 Å². The lowest BCUT2D eigenvalue weighted by atomic mass is 9.85. The van der Waals surface area contributed by atoms with Crippen LogP contribution in [0.25, 0.3) is 54.9 Å². The van der Waals surface area contributed by atoms with Gasteiger partial charge in [0, 0.05) is 11.9 Å².